The lowest BCUT2D eigenvalue weighted by atomic mass is 10.1. The molecule has 0 saturated carbocycles. The largest absolute Gasteiger partial charge is 0.353 e. The zero-order valence-corrected chi connectivity index (χ0v) is 11.5. The van der Waals surface area contributed by atoms with Crippen molar-refractivity contribution in [2.45, 2.75) is 19.4 Å². The minimum Gasteiger partial charge on any atom is -0.353 e. The molecule has 0 bridgehead atoms. The van der Waals surface area contributed by atoms with E-state index in [1.165, 1.54) is 6.07 Å². The summed E-state index contributed by atoms with van der Waals surface area (Å²) >= 11 is 0. The Balaban J connectivity index is 2.01. The number of nitrogens with zero attached hydrogens (tertiary/aromatic N) is 1. The van der Waals surface area contributed by atoms with Crippen LogP contribution in [0.4, 0.5) is 11.4 Å². The molecule has 1 fully saturated rings. The standard InChI is InChI=1S/C13H16N4O4/c1-8-2-3-9(6-11(8)17(20)21)16-12(18)7-10-13(19)15-5-4-14-10/h2-3,6,10,14H,4-5,7H2,1H3,(H,15,19)(H,16,18)/t10-/m0/s1. The van der Waals surface area contributed by atoms with E-state index in [2.05, 4.69) is 16.0 Å². The lowest BCUT2D eigenvalue weighted by Gasteiger charge is -2.22. The van der Waals surface area contributed by atoms with Gasteiger partial charge in [-0.3, -0.25) is 19.7 Å². The molecule has 8 heteroatoms. The highest BCUT2D eigenvalue weighted by molar-refractivity contribution is 5.95. The van der Waals surface area contributed by atoms with E-state index in [0.29, 0.717) is 24.3 Å². The van der Waals surface area contributed by atoms with Crippen molar-refractivity contribution in [2.75, 3.05) is 18.4 Å². The fraction of sp³-hybridized carbons (Fsp3) is 0.385. The van der Waals surface area contributed by atoms with E-state index in [0.717, 1.165) is 0 Å². The number of amides is 2. The van der Waals surface area contributed by atoms with Crippen LogP contribution < -0.4 is 16.0 Å². The molecule has 1 aliphatic rings. The van der Waals surface area contributed by atoms with Crippen LogP contribution in [-0.2, 0) is 9.59 Å². The van der Waals surface area contributed by atoms with Crippen LogP contribution in [0.2, 0.25) is 0 Å². The number of benzene rings is 1. The summed E-state index contributed by atoms with van der Waals surface area (Å²) in [6, 6.07) is 3.90. The Kier molecular flexibility index (Phi) is 4.49. The van der Waals surface area contributed by atoms with Gasteiger partial charge in [-0.2, -0.15) is 0 Å². The van der Waals surface area contributed by atoms with Gasteiger partial charge < -0.3 is 16.0 Å². The molecule has 1 atom stereocenters. The van der Waals surface area contributed by atoms with E-state index in [1.54, 1.807) is 19.1 Å². The molecule has 1 heterocycles. The van der Waals surface area contributed by atoms with Crippen LogP contribution in [0.3, 0.4) is 0 Å². The van der Waals surface area contributed by atoms with E-state index in [4.69, 9.17) is 0 Å². The quantitative estimate of drug-likeness (QED) is 0.546. The number of rotatable bonds is 4. The molecule has 1 aromatic carbocycles. The van der Waals surface area contributed by atoms with Crippen LogP contribution in [-0.4, -0.2) is 35.9 Å². The number of carbonyl (C=O) groups excluding carboxylic acids is 2. The number of hydrogen-bond acceptors (Lipinski definition) is 5. The second kappa shape index (κ2) is 6.31. The lowest BCUT2D eigenvalue weighted by molar-refractivity contribution is -0.385. The van der Waals surface area contributed by atoms with Gasteiger partial charge in [-0.05, 0) is 13.0 Å². The number of nitro benzene ring substituents is 1. The Morgan fingerprint density at radius 1 is 1.48 bits per heavy atom. The SMILES string of the molecule is Cc1ccc(NC(=O)C[C@@H]2NCCNC2=O)cc1[N+](=O)[O-]. The molecule has 21 heavy (non-hydrogen) atoms. The molecule has 3 N–H and O–H groups in total. The number of nitrogens with one attached hydrogen (secondary N) is 3. The fourth-order valence-corrected chi connectivity index (χ4v) is 2.09. The smallest absolute Gasteiger partial charge is 0.274 e. The maximum atomic E-state index is 11.9. The molecular weight excluding hydrogens is 276 g/mol. The number of anilines is 1. The number of carbonyl (C=O) groups is 2. The van der Waals surface area contributed by atoms with E-state index in [9.17, 15) is 19.7 Å². The topological polar surface area (TPSA) is 113 Å². The molecule has 0 aromatic heterocycles. The maximum absolute atomic E-state index is 11.9. The molecule has 0 radical (unpaired) electrons. The third kappa shape index (κ3) is 3.76. The third-order valence-corrected chi connectivity index (χ3v) is 3.21. The van der Waals surface area contributed by atoms with Gasteiger partial charge in [0.1, 0.15) is 0 Å². The van der Waals surface area contributed by atoms with Gasteiger partial charge in [0.15, 0.2) is 0 Å². The van der Waals surface area contributed by atoms with Gasteiger partial charge in [0.05, 0.1) is 17.4 Å². The Bertz CT molecular complexity index is 588. The average molecular weight is 292 g/mol. The molecule has 2 rings (SSSR count). The third-order valence-electron chi connectivity index (χ3n) is 3.21. The number of aryl methyl sites for hydroxylation is 1. The molecule has 0 aliphatic carbocycles. The van der Waals surface area contributed by atoms with Gasteiger partial charge in [0.25, 0.3) is 5.69 Å². The molecule has 1 aliphatic heterocycles. The van der Waals surface area contributed by atoms with Gasteiger partial charge in [-0.25, -0.2) is 0 Å². The van der Waals surface area contributed by atoms with Crippen molar-refractivity contribution in [1.82, 2.24) is 10.6 Å². The first-order valence-corrected chi connectivity index (χ1v) is 6.53. The van der Waals surface area contributed by atoms with Crippen molar-refractivity contribution < 1.29 is 14.5 Å². The zero-order valence-electron chi connectivity index (χ0n) is 11.5. The van der Waals surface area contributed by atoms with Crippen molar-refractivity contribution in [3.8, 4) is 0 Å². The van der Waals surface area contributed by atoms with Gasteiger partial charge in [-0.1, -0.05) is 6.07 Å². The second-order valence-corrected chi connectivity index (χ2v) is 4.81. The first-order chi connectivity index (χ1) is 9.97. The van der Waals surface area contributed by atoms with Crippen LogP contribution >= 0.6 is 0 Å². The molecule has 2 amide bonds. The number of piperazine rings is 1. The van der Waals surface area contributed by atoms with Crippen LogP contribution in [0.15, 0.2) is 18.2 Å². The van der Waals surface area contributed by atoms with Gasteiger partial charge in [-0.15, -0.1) is 0 Å². The average Bonchev–Trinajstić information content (AvgIpc) is 2.43. The molecule has 1 aromatic rings. The summed E-state index contributed by atoms with van der Waals surface area (Å²) in [6.45, 7) is 2.78. The van der Waals surface area contributed by atoms with Gasteiger partial charge in [0, 0.05) is 30.4 Å². The summed E-state index contributed by atoms with van der Waals surface area (Å²) < 4.78 is 0. The summed E-state index contributed by atoms with van der Waals surface area (Å²) in [6.07, 6.45) is -0.0203. The summed E-state index contributed by atoms with van der Waals surface area (Å²) in [4.78, 5) is 33.8. The Labute approximate surface area is 121 Å². The summed E-state index contributed by atoms with van der Waals surface area (Å²) in [5, 5.41) is 19.0. The molecule has 0 unspecified atom stereocenters. The highest BCUT2D eigenvalue weighted by atomic mass is 16.6. The van der Waals surface area contributed by atoms with E-state index in [1.807, 2.05) is 0 Å². The monoisotopic (exact) mass is 292 g/mol. The predicted molar refractivity (Wildman–Crippen MR) is 75.9 cm³/mol. The minimum atomic E-state index is -0.570. The Morgan fingerprint density at radius 3 is 2.90 bits per heavy atom. The molecule has 0 spiro atoms. The van der Waals surface area contributed by atoms with Crippen LogP contribution in [0.1, 0.15) is 12.0 Å². The van der Waals surface area contributed by atoms with Crippen LogP contribution in [0.5, 0.6) is 0 Å². The normalized spacial score (nSPS) is 18.0. The first kappa shape index (κ1) is 14.9. The molecule has 112 valence electrons. The number of nitro groups is 1. The van der Waals surface area contributed by atoms with Gasteiger partial charge >= 0.3 is 0 Å². The molecular formula is C13H16N4O4. The fourth-order valence-electron chi connectivity index (χ4n) is 2.09. The first-order valence-electron chi connectivity index (χ1n) is 6.53. The number of hydrogen-bond donors (Lipinski definition) is 3. The van der Waals surface area contributed by atoms with Crippen molar-refractivity contribution in [2.24, 2.45) is 0 Å². The Morgan fingerprint density at radius 2 is 2.24 bits per heavy atom. The maximum Gasteiger partial charge on any atom is 0.274 e. The Hall–Kier alpha value is -2.48. The minimum absolute atomic E-state index is 0.0203. The van der Waals surface area contributed by atoms with Crippen LogP contribution in [0.25, 0.3) is 0 Å². The van der Waals surface area contributed by atoms with E-state index >= 15 is 0 Å². The van der Waals surface area contributed by atoms with Crippen molar-refractivity contribution in [3.05, 3.63) is 33.9 Å². The van der Waals surface area contributed by atoms with Crippen molar-refractivity contribution in [3.63, 3.8) is 0 Å². The summed E-state index contributed by atoms with van der Waals surface area (Å²) in [5.41, 5.74) is 0.807. The molecule has 8 nitrogen and oxygen atoms in total. The van der Waals surface area contributed by atoms with Crippen molar-refractivity contribution in [1.29, 1.82) is 0 Å². The van der Waals surface area contributed by atoms with Crippen molar-refractivity contribution >= 4 is 23.2 Å². The highest BCUT2D eigenvalue weighted by Crippen LogP contribution is 2.22. The van der Waals surface area contributed by atoms with E-state index in [-0.39, 0.29) is 23.9 Å². The van der Waals surface area contributed by atoms with Crippen LogP contribution in [0, 0.1) is 17.0 Å². The summed E-state index contributed by atoms with van der Waals surface area (Å²) in [5.74, 6) is -0.589. The molecule has 1 saturated heterocycles. The zero-order chi connectivity index (χ0) is 15.4. The lowest BCUT2D eigenvalue weighted by Crippen LogP contribution is -2.53. The van der Waals surface area contributed by atoms with E-state index < -0.39 is 11.0 Å². The summed E-state index contributed by atoms with van der Waals surface area (Å²) in [7, 11) is 0. The van der Waals surface area contributed by atoms with Gasteiger partial charge in [0.2, 0.25) is 11.8 Å². The highest BCUT2D eigenvalue weighted by Gasteiger charge is 2.24. The second-order valence-electron chi connectivity index (χ2n) is 4.81. The predicted octanol–water partition coefficient (Wildman–Crippen LogP) is 0.320.